The van der Waals surface area contributed by atoms with Crippen LogP contribution in [0.15, 0.2) is 59.5 Å². The molecule has 0 heterocycles. The van der Waals surface area contributed by atoms with Crippen LogP contribution in [0.4, 0.5) is 0 Å². The molecule has 0 atom stereocenters. The number of carbonyl (C=O) groups is 1. The Bertz CT molecular complexity index is 692. The second-order valence-corrected chi connectivity index (χ2v) is 6.73. The molecule has 3 heteroatoms. The van der Waals surface area contributed by atoms with Crippen molar-refractivity contribution in [2.75, 3.05) is 12.9 Å². The van der Waals surface area contributed by atoms with Gasteiger partial charge in [0.1, 0.15) is 5.75 Å². The summed E-state index contributed by atoms with van der Waals surface area (Å²) < 4.78 is 5.97. The Kier molecular flexibility index (Phi) is 8.33. The summed E-state index contributed by atoms with van der Waals surface area (Å²) in [7, 11) is 0. The van der Waals surface area contributed by atoms with Gasteiger partial charge in [0.2, 0.25) is 0 Å². The fourth-order valence-corrected chi connectivity index (χ4v) is 3.01. The molecule has 0 radical (unpaired) electrons. The number of allylic oxidation sites excluding steroid dienone is 1. The van der Waals surface area contributed by atoms with E-state index in [-0.39, 0.29) is 5.78 Å². The Labute approximate surface area is 155 Å². The Hall–Kier alpha value is -2.00. The monoisotopic (exact) mass is 354 g/mol. The molecule has 0 N–H and O–H groups in total. The number of hydrogen-bond acceptors (Lipinski definition) is 3. The number of thioether (sulfide) groups is 1. The molecule has 25 heavy (non-hydrogen) atoms. The highest BCUT2D eigenvalue weighted by Crippen LogP contribution is 2.29. The molecular formula is C22H26O2S. The lowest BCUT2D eigenvalue weighted by Gasteiger charge is -2.11. The second kappa shape index (κ2) is 10.8. The van der Waals surface area contributed by atoms with Crippen LogP contribution in [0, 0.1) is 0 Å². The Morgan fingerprint density at radius 2 is 1.88 bits per heavy atom. The summed E-state index contributed by atoms with van der Waals surface area (Å²) in [4.78, 5) is 13.3. The van der Waals surface area contributed by atoms with Crippen LogP contribution in [-0.2, 0) is 0 Å². The van der Waals surface area contributed by atoms with Crippen molar-refractivity contribution in [3.05, 3.63) is 65.7 Å². The van der Waals surface area contributed by atoms with Crippen LogP contribution in [0.3, 0.4) is 0 Å². The highest BCUT2D eigenvalue weighted by atomic mass is 32.2. The molecule has 2 aromatic rings. The lowest BCUT2D eigenvalue weighted by molar-refractivity contribution is 0.104. The van der Waals surface area contributed by atoms with Crippen LogP contribution in [0.5, 0.6) is 5.75 Å². The zero-order chi connectivity index (χ0) is 17.9. The van der Waals surface area contributed by atoms with Gasteiger partial charge in [0.15, 0.2) is 5.78 Å². The first-order valence-corrected chi connectivity index (χ1v) is 10.1. The molecule has 132 valence electrons. The van der Waals surface area contributed by atoms with Crippen molar-refractivity contribution in [1.82, 2.24) is 0 Å². The third kappa shape index (κ3) is 6.43. The normalized spacial score (nSPS) is 11.0. The van der Waals surface area contributed by atoms with Crippen molar-refractivity contribution in [2.24, 2.45) is 0 Å². The fraction of sp³-hybridized carbons (Fsp3) is 0.318. The van der Waals surface area contributed by atoms with Gasteiger partial charge in [-0.05, 0) is 36.4 Å². The summed E-state index contributed by atoms with van der Waals surface area (Å²) in [5, 5.41) is 0. The second-order valence-electron chi connectivity index (χ2n) is 5.88. The highest BCUT2D eigenvalue weighted by molar-refractivity contribution is 7.98. The number of hydrogen-bond donors (Lipinski definition) is 0. The van der Waals surface area contributed by atoms with Gasteiger partial charge in [-0.25, -0.2) is 0 Å². The first kappa shape index (κ1) is 19.3. The van der Waals surface area contributed by atoms with Gasteiger partial charge in [-0.1, -0.05) is 68.7 Å². The van der Waals surface area contributed by atoms with E-state index in [1.54, 1.807) is 17.8 Å². The maximum absolute atomic E-state index is 12.2. The third-order valence-corrected chi connectivity index (χ3v) is 4.71. The van der Waals surface area contributed by atoms with Gasteiger partial charge in [-0.2, -0.15) is 0 Å². The lowest BCUT2D eigenvalue weighted by atomic mass is 10.1. The molecule has 0 saturated carbocycles. The minimum absolute atomic E-state index is 0.0107. The Morgan fingerprint density at radius 1 is 1.08 bits per heavy atom. The molecule has 2 rings (SSSR count). The fourth-order valence-electron chi connectivity index (χ4n) is 2.49. The van der Waals surface area contributed by atoms with Crippen molar-refractivity contribution in [3.8, 4) is 5.75 Å². The summed E-state index contributed by atoms with van der Waals surface area (Å²) in [5.41, 5.74) is 1.68. The predicted octanol–water partition coefficient (Wildman–Crippen LogP) is 6.26. The quantitative estimate of drug-likeness (QED) is 0.218. The number of ketones is 1. The number of unbranched alkanes of at least 4 members (excludes halogenated alkanes) is 3. The van der Waals surface area contributed by atoms with E-state index >= 15 is 0 Å². The topological polar surface area (TPSA) is 26.3 Å². The average molecular weight is 355 g/mol. The van der Waals surface area contributed by atoms with Crippen molar-refractivity contribution < 1.29 is 9.53 Å². The van der Waals surface area contributed by atoms with Gasteiger partial charge in [0.25, 0.3) is 0 Å². The average Bonchev–Trinajstić information content (AvgIpc) is 2.66. The van der Waals surface area contributed by atoms with E-state index < -0.39 is 0 Å². The standard InChI is InChI=1S/C22H26O2S/c1-3-4-5-9-16-24-21-17-18(13-15-22(21)25-2)12-14-20(23)19-10-7-6-8-11-19/h6-8,10-15,17H,3-5,9,16H2,1-2H3. The maximum atomic E-state index is 12.2. The maximum Gasteiger partial charge on any atom is 0.185 e. The molecule has 0 unspecified atom stereocenters. The number of ether oxygens (including phenoxy) is 1. The van der Waals surface area contributed by atoms with Crippen LogP contribution >= 0.6 is 11.8 Å². The van der Waals surface area contributed by atoms with E-state index in [4.69, 9.17) is 4.74 Å². The SMILES string of the molecule is CCCCCCOc1cc(C=CC(=O)c2ccccc2)ccc1SC. The molecule has 0 aliphatic rings. The van der Waals surface area contributed by atoms with Crippen LogP contribution in [0.2, 0.25) is 0 Å². The van der Waals surface area contributed by atoms with E-state index in [2.05, 4.69) is 13.0 Å². The van der Waals surface area contributed by atoms with E-state index in [1.807, 2.05) is 54.8 Å². The summed E-state index contributed by atoms with van der Waals surface area (Å²) in [6.07, 6.45) is 10.3. The zero-order valence-electron chi connectivity index (χ0n) is 15.0. The van der Waals surface area contributed by atoms with Crippen molar-refractivity contribution in [3.63, 3.8) is 0 Å². The molecule has 0 fully saturated rings. The van der Waals surface area contributed by atoms with Gasteiger partial charge in [0.05, 0.1) is 6.61 Å². The van der Waals surface area contributed by atoms with Crippen molar-refractivity contribution in [2.45, 2.75) is 37.5 Å². The predicted molar refractivity (Wildman–Crippen MR) is 108 cm³/mol. The molecule has 0 bridgehead atoms. The van der Waals surface area contributed by atoms with Gasteiger partial charge in [-0.3, -0.25) is 4.79 Å². The van der Waals surface area contributed by atoms with E-state index in [0.29, 0.717) is 5.56 Å². The number of rotatable bonds is 10. The Balaban J connectivity index is 2.02. The first-order chi connectivity index (χ1) is 12.2. The number of benzene rings is 2. The largest absolute Gasteiger partial charge is 0.492 e. The van der Waals surface area contributed by atoms with Gasteiger partial charge in [-0.15, -0.1) is 11.8 Å². The first-order valence-electron chi connectivity index (χ1n) is 8.83. The minimum atomic E-state index is 0.0107. The van der Waals surface area contributed by atoms with E-state index in [9.17, 15) is 4.79 Å². The number of carbonyl (C=O) groups excluding carboxylic acids is 1. The molecule has 0 spiro atoms. The smallest absolute Gasteiger partial charge is 0.185 e. The summed E-state index contributed by atoms with van der Waals surface area (Å²) >= 11 is 1.68. The molecule has 0 aliphatic carbocycles. The van der Waals surface area contributed by atoms with E-state index in [0.717, 1.165) is 29.2 Å². The highest BCUT2D eigenvalue weighted by Gasteiger charge is 2.05. The van der Waals surface area contributed by atoms with Crippen LogP contribution in [0.25, 0.3) is 6.08 Å². The van der Waals surface area contributed by atoms with Crippen molar-refractivity contribution in [1.29, 1.82) is 0 Å². The van der Waals surface area contributed by atoms with Gasteiger partial charge < -0.3 is 4.74 Å². The van der Waals surface area contributed by atoms with Gasteiger partial charge in [0, 0.05) is 10.5 Å². The molecule has 0 amide bonds. The molecule has 2 nitrogen and oxygen atoms in total. The van der Waals surface area contributed by atoms with Crippen molar-refractivity contribution >= 4 is 23.6 Å². The molecular weight excluding hydrogens is 328 g/mol. The summed E-state index contributed by atoms with van der Waals surface area (Å²) in [6, 6.07) is 15.4. The third-order valence-electron chi connectivity index (χ3n) is 3.93. The molecule has 0 aliphatic heterocycles. The van der Waals surface area contributed by atoms with E-state index in [1.165, 1.54) is 19.3 Å². The van der Waals surface area contributed by atoms with Crippen LogP contribution in [0.1, 0.15) is 48.5 Å². The minimum Gasteiger partial charge on any atom is -0.492 e. The zero-order valence-corrected chi connectivity index (χ0v) is 15.9. The lowest BCUT2D eigenvalue weighted by Crippen LogP contribution is -1.99. The van der Waals surface area contributed by atoms with Gasteiger partial charge >= 0.3 is 0 Å². The van der Waals surface area contributed by atoms with Crippen LogP contribution < -0.4 is 4.74 Å². The van der Waals surface area contributed by atoms with Crippen LogP contribution in [-0.4, -0.2) is 18.6 Å². The molecule has 2 aromatic carbocycles. The Morgan fingerprint density at radius 3 is 2.60 bits per heavy atom. The summed E-state index contributed by atoms with van der Waals surface area (Å²) in [5.74, 6) is 0.912. The summed E-state index contributed by atoms with van der Waals surface area (Å²) in [6.45, 7) is 2.95. The molecule has 0 saturated heterocycles. The molecule has 0 aromatic heterocycles.